The topological polar surface area (TPSA) is 122 Å². The molecule has 1 N–H and O–H groups in total. The summed E-state index contributed by atoms with van der Waals surface area (Å²) in [6.45, 7) is 1.95. The van der Waals surface area contributed by atoms with Gasteiger partial charge in [0.2, 0.25) is 5.91 Å². The number of carbonyl (C=O) groups excluding carboxylic acids is 3. The van der Waals surface area contributed by atoms with E-state index in [4.69, 9.17) is 4.74 Å². The van der Waals surface area contributed by atoms with E-state index in [1.807, 2.05) is 0 Å². The fourth-order valence-electron chi connectivity index (χ4n) is 3.91. The third-order valence-electron chi connectivity index (χ3n) is 5.35. The van der Waals surface area contributed by atoms with E-state index in [0.717, 1.165) is 17.9 Å². The van der Waals surface area contributed by atoms with Crippen LogP contribution in [0.25, 0.3) is 0 Å². The molecule has 1 saturated carbocycles. The van der Waals surface area contributed by atoms with Crippen molar-refractivity contribution in [2.24, 2.45) is 5.10 Å². The average molecular weight is 399 g/mol. The molecule has 150 valence electrons. The summed E-state index contributed by atoms with van der Waals surface area (Å²) in [6, 6.07) is -0.531. The van der Waals surface area contributed by atoms with Crippen LogP contribution in [0.1, 0.15) is 51.9 Å². The van der Waals surface area contributed by atoms with Crippen LogP contribution in [0.4, 0.5) is 0 Å². The zero-order chi connectivity index (χ0) is 19.7. The molecule has 2 heterocycles. The highest BCUT2D eigenvalue weighted by Crippen LogP contribution is 2.31. The molecule has 2 amide bonds. The van der Waals surface area contributed by atoms with Crippen LogP contribution < -0.4 is 5.32 Å². The molecule has 27 heavy (non-hydrogen) atoms. The Kier molecular flexibility index (Phi) is 5.55. The van der Waals surface area contributed by atoms with E-state index in [2.05, 4.69) is 10.4 Å². The van der Waals surface area contributed by atoms with Crippen molar-refractivity contribution in [2.45, 2.75) is 63.5 Å². The Morgan fingerprint density at radius 1 is 1.30 bits per heavy atom. The number of hydrogen-bond acceptors (Lipinski definition) is 7. The van der Waals surface area contributed by atoms with Crippen molar-refractivity contribution in [1.82, 2.24) is 10.3 Å². The first kappa shape index (κ1) is 19.8. The van der Waals surface area contributed by atoms with Crippen molar-refractivity contribution in [2.75, 3.05) is 18.1 Å². The van der Waals surface area contributed by atoms with E-state index < -0.39 is 33.3 Å². The van der Waals surface area contributed by atoms with Gasteiger partial charge in [-0.3, -0.25) is 9.59 Å². The highest BCUT2D eigenvalue weighted by molar-refractivity contribution is 7.91. The summed E-state index contributed by atoms with van der Waals surface area (Å²) in [6.07, 6.45) is 3.23. The molecule has 1 saturated heterocycles. The molecular weight excluding hydrogens is 374 g/mol. The molecule has 3 aliphatic rings. The predicted octanol–water partition coefficient (Wildman–Crippen LogP) is 0.144. The second kappa shape index (κ2) is 7.57. The molecule has 0 bridgehead atoms. The highest BCUT2D eigenvalue weighted by Gasteiger charge is 2.45. The van der Waals surface area contributed by atoms with Crippen LogP contribution in [0.3, 0.4) is 0 Å². The Hall–Kier alpha value is -1.97. The van der Waals surface area contributed by atoms with E-state index >= 15 is 0 Å². The van der Waals surface area contributed by atoms with Crippen molar-refractivity contribution in [3.8, 4) is 0 Å². The molecule has 1 aliphatic carbocycles. The number of rotatable bonds is 5. The number of carbonyl (C=O) groups is 3. The number of hydrazone groups is 1. The molecule has 1 unspecified atom stereocenters. The van der Waals surface area contributed by atoms with Crippen LogP contribution in [-0.2, 0) is 29.0 Å². The lowest BCUT2D eigenvalue weighted by Gasteiger charge is -2.30. The molecule has 0 aromatic carbocycles. The SMILES string of the molecule is CCOC(=O)C1(NC(=O)C2=NN(C3CCS(=O)(=O)C3)C(=O)CC2)CCCC1. The maximum absolute atomic E-state index is 12.8. The van der Waals surface area contributed by atoms with Gasteiger partial charge in [-0.2, -0.15) is 5.10 Å². The Morgan fingerprint density at radius 2 is 2.00 bits per heavy atom. The van der Waals surface area contributed by atoms with Crippen LogP contribution in [0, 0.1) is 0 Å². The quantitative estimate of drug-likeness (QED) is 0.657. The fraction of sp³-hybridized carbons (Fsp3) is 0.765. The van der Waals surface area contributed by atoms with Crippen LogP contribution in [0.5, 0.6) is 0 Å². The molecule has 0 spiro atoms. The minimum Gasteiger partial charge on any atom is -0.464 e. The minimum atomic E-state index is -3.18. The van der Waals surface area contributed by atoms with Crippen molar-refractivity contribution < 1.29 is 27.5 Å². The van der Waals surface area contributed by atoms with Gasteiger partial charge in [0.25, 0.3) is 5.91 Å². The number of hydrogen-bond donors (Lipinski definition) is 1. The first-order valence-electron chi connectivity index (χ1n) is 9.36. The predicted molar refractivity (Wildman–Crippen MR) is 96.5 cm³/mol. The Morgan fingerprint density at radius 3 is 2.59 bits per heavy atom. The third-order valence-corrected chi connectivity index (χ3v) is 7.10. The Balaban J connectivity index is 1.76. The maximum atomic E-state index is 12.8. The summed E-state index contributed by atoms with van der Waals surface area (Å²) < 4.78 is 28.5. The van der Waals surface area contributed by atoms with E-state index in [1.54, 1.807) is 6.92 Å². The van der Waals surface area contributed by atoms with Crippen LogP contribution in [0.2, 0.25) is 0 Å². The fourth-order valence-corrected chi connectivity index (χ4v) is 5.60. The van der Waals surface area contributed by atoms with Crippen molar-refractivity contribution >= 4 is 33.3 Å². The van der Waals surface area contributed by atoms with Crippen LogP contribution in [-0.4, -0.2) is 66.6 Å². The second-order valence-electron chi connectivity index (χ2n) is 7.31. The standard InChI is InChI=1S/C17H25N3O6S/c1-2-26-16(23)17(8-3-4-9-17)18-15(22)13-5-6-14(21)20(19-13)12-7-10-27(24,25)11-12/h12H,2-11H2,1H3,(H,18,22). The molecular formula is C17H25N3O6S. The molecule has 2 aliphatic heterocycles. The van der Waals surface area contributed by atoms with Gasteiger partial charge < -0.3 is 10.1 Å². The molecule has 0 radical (unpaired) electrons. The summed E-state index contributed by atoms with van der Waals surface area (Å²) >= 11 is 0. The van der Waals surface area contributed by atoms with Crippen LogP contribution in [0.15, 0.2) is 5.10 Å². The second-order valence-corrected chi connectivity index (χ2v) is 9.53. The van der Waals surface area contributed by atoms with Gasteiger partial charge in [-0.1, -0.05) is 12.8 Å². The van der Waals surface area contributed by atoms with Gasteiger partial charge in [-0.15, -0.1) is 0 Å². The third kappa shape index (κ3) is 4.15. The number of amides is 2. The monoisotopic (exact) mass is 399 g/mol. The summed E-state index contributed by atoms with van der Waals surface area (Å²) in [5.41, 5.74) is -0.895. The molecule has 2 fully saturated rings. The van der Waals surface area contributed by atoms with Crippen molar-refractivity contribution in [3.63, 3.8) is 0 Å². The summed E-state index contributed by atoms with van der Waals surface area (Å²) in [7, 11) is -3.18. The summed E-state index contributed by atoms with van der Waals surface area (Å²) in [4.78, 5) is 37.3. The molecule has 9 nitrogen and oxygen atoms in total. The molecule has 10 heteroatoms. The first-order valence-corrected chi connectivity index (χ1v) is 11.2. The number of nitrogens with one attached hydrogen (secondary N) is 1. The lowest BCUT2D eigenvalue weighted by Crippen LogP contribution is -2.56. The van der Waals surface area contributed by atoms with Crippen molar-refractivity contribution in [1.29, 1.82) is 0 Å². The first-order chi connectivity index (χ1) is 12.8. The van der Waals surface area contributed by atoms with Gasteiger partial charge in [-0.25, -0.2) is 18.2 Å². The minimum absolute atomic E-state index is 0.0183. The number of esters is 1. The Labute approximate surface area is 158 Å². The van der Waals surface area contributed by atoms with Gasteiger partial charge in [0.15, 0.2) is 9.84 Å². The van der Waals surface area contributed by atoms with Gasteiger partial charge in [-0.05, 0) is 26.2 Å². The number of sulfone groups is 1. The zero-order valence-corrected chi connectivity index (χ0v) is 16.2. The molecule has 0 aromatic heterocycles. The number of ether oxygens (including phenoxy) is 1. The zero-order valence-electron chi connectivity index (χ0n) is 15.4. The molecule has 1 atom stereocenters. The lowest BCUT2D eigenvalue weighted by atomic mass is 9.97. The van der Waals surface area contributed by atoms with E-state index in [-0.39, 0.29) is 42.6 Å². The smallest absolute Gasteiger partial charge is 0.331 e. The van der Waals surface area contributed by atoms with E-state index in [0.29, 0.717) is 19.3 Å². The number of nitrogens with zero attached hydrogens (tertiary/aromatic N) is 2. The van der Waals surface area contributed by atoms with Crippen LogP contribution >= 0.6 is 0 Å². The van der Waals surface area contributed by atoms with E-state index in [9.17, 15) is 22.8 Å². The highest BCUT2D eigenvalue weighted by atomic mass is 32.2. The van der Waals surface area contributed by atoms with E-state index in [1.165, 1.54) is 0 Å². The normalized spacial score (nSPS) is 26.6. The van der Waals surface area contributed by atoms with Crippen molar-refractivity contribution in [3.05, 3.63) is 0 Å². The summed E-state index contributed by atoms with van der Waals surface area (Å²) in [5, 5.41) is 8.10. The van der Waals surface area contributed by atoms with Gasteiger partial charge in [0.1, 0.15) is 11.3 Å². The summed E-state index contributed by atoms with van der Waals surface area (Å²) in [5.74, 6) is -1.34. The van der Waals surface area contributed by atoms with Gasteiger partial charge in [0, 0.05) is 12.8 Å². The largest absolute Gasteiger partial charge is 0.464 e. The average Bonchev–Trinajstić information content (AvgIpc) is 3.22. The van der Waals surface area contributed by atoms with Gasteiger partial charge >= 0.3 is 5.97 Å². The molecule has 3 rings (SSSR count). The molecule has 0 aromatic rings. The Bertz CT molecular complexity index is 770. The van der Waals surface area contributed by atoms with Gasteiger partial charge in [0.05, 0.1) is 24.2 Å². The maximum Gasteiger partial charge on any atom is 0.331 e. The lowest BCUT2D eigenvalue weighted by molar-refractivity contribution is -0.152.